The van der Waals surface area contributed by atoms with E-state index in [0.29, 0.717) is 0 Å². The maximum absolute atomic E-state index is 4.50. The van der Waals surface area contributed by atoms with Crippen molar-refractivity contribution in [2.45, 2.75) is 19.3 Å². The fraction of sp³-hybridized carbons (Fsp3) is 1.00. The predicted octanol–water partition coefficient (Wildman–Crippen LogP) is 0.520. The first-order valence-electron chi connectivity index (χ1n) is 3.38. The van der Waals surface area contributed by atoms with Crippen molar-refractivity contribution < 1.29 is 9.61 Å². The summed E-state index contributed by atoms with van der Waals surface area (Å²) < 4.78 is 3.72. The molecule has 0 aliphatic carbocycles. The highest BCUT2D eigenvalue weighted by atomic mass is 35.5. The van der Waals surface area contributed by atoms with E-state index in [9.17, 15) is 0 Å². The zero-order chi connectivity index (χ0) is 6.95. The predicted molar refractivity (Wildman–Crippen MR) is 38.4 cm³/mol. The van der Waals surface area contributed by atoms with Crippen LogP contribution in [0.15, 0.2) is 0 Å². The third-order valence-electron chi connectivity index (χ3n) is 1.32. The normalized spacial score (nSPS) is 18.0. The summed E-state index contributed by atoms with van der Waals surface area (Å²) in [6.07, 6.45) is 4.36. The summed E-state index contributed by atoms with van der Waals surface area (Å²) in [7, 11) is 1.39. The fourth-order valence-corrected chi connectivity index (χ4v) is 0.898. The van der Waals surface area contributed by atoms with Crippen LogP contribution in [0.3, 0.4) is 0 Å². The first kappa shape index (κ1) is 9.21. The first-order valence-corrected chi connectivity index (χ1v) is 3.69. The second kappa shape index (κ2) is 8.21. The molecular weight excluding hydrogens is 138 g/mol. The van der Waals surface area contributed by atoms with Gasteiger partial charge in [-0.15, -0.1) is 0 Å². The molecule has 1 saturated heterocycles. The summed E-state index contributed by atoms with van der Waals surface area (Å²) in [6.45, 7) is 2.75. The second-order valence-electron chi connectivity index (χ2n) is 2.08. The Bertz CT molecular complexity index is 36.8. The van der Waals surface area contributed by atoms with Gasteiger partial charge in [0.05, 0.1) is 32.1 Å². The van der Waals surface area contributed by atoms with E-state index in [2.05, 4.69) is 21.5 Å². The monoisotopic (exact) mass is 152 g/mol. The average Bonchev–Trinajstić information content (AvgIpc) is 1.93. The zero-order valence-corrected chi connectivity index (χ0v) is 6.66. The van der Waals surface area contributed by atoms with Crippen LogP contribution in [0.2, 0.25) is 0 Å². The van der Waals surface area contributed by atoms with Gasteiger partial charge in [-0.1, -0.05) is 0 Å². The van der Waals surface area contributed by atoms with Crippen LogP contribution in [0.4, 0.5) is 0 Å². The molecule has 9 heavy (non-hydrogen) atoms. The molecule has 0 aromatic heterocycles. The van der Waals surface area contributed by atoms with Gasteiger partial charge in [-0.3, -0.25) is 4.29 Å². The number of halogens is 1. The quantitative estimate of drug-likeness (QED) is 0.538. The molecule has 0 unspecified atom stereocenters. The molecule has 2 N–H and O–H groups in total. The van der Waals surface area contributed by atoms with Gasteiger partial charge in [0.2, 0.25) is 0 Å². The molecule has 0 radical (unpaired) electrons. The van der Waals surface area contributed by atoms with E-state index in [1.807, 2.05) is 0 Å². The molecule has 0 spiro atoms. The SMILES string of the molecule is C1CC[NH2+]CC1.COCl. The Morgan fingerprint density at radius 2 is 1.67 bits per heavy atom. The molecule has 1 heterocycles. The van der Waals surface area contributed by atoms with E-state index in [1.165, 1.54) is 39.5 Å². The second-order valence-corrected chi connectivity index (χ2v) is 2.39. The van der Waals surface area contributed by atoms with Gasteiger partial charge in [-0.05, 0) is 19.3 Å². The molecule has 3 heteroatoms. The van der Waals surface area contributed by atoms with Crippen LogP contribution in [0.1, 0.15) is 19.3 Å². The van der Waals surface area contributed by atoms with Crippen molar-refractivity contribution in [2.24, 2.45) is 0 Å². The van der Waals surface area contributed by atoms with Gasteiger partial charge in [-0.25, -0.2) is 0 Å². The summed E-state index contributed by atoms with van der Waals surface area (Å²) >= 11 is 4.50. The molecule has 1 aliphatic heterocycles. The van der Waals surface area contributed by atoms with E-state index in [1.54, 1.807) is 0 Å². The zero-order valence-electron chi connectivity index (χ0n) is 5.90. The highest BCUT2D eigenvalue weighted by molar-refractivity contribution is 6.07. The fourth-order valence-electron chi connectivity index (χ4n) is 0.898. The lowest BCUT2D eigenvalue weighted by Crippen LogP contribution is -2.85. The van der Waals surface area contributed by atoms with Gasteiger partial charge >= 0.3 is 0 Å². The van der Waals surface area contributed by atoms with E-state index >= 15 is 0 Å². The Balaban J connectivity index is 0.000000187. The van der Waals surface area contributed by atoms with Crippen LogP contribution in [0.25, 0.3) is 0 Å². The van der Waals surface area contributed by atoms with Crippen molar-refractivity contribution in [3.8, 4) is 0 Å². The Hall–Kier alpha value is 0.210. The molecule has 0 atom stereocenters. The smallest absolute Gasteiger partial charge is 0.0755 e. The highest BCUT2D eigenvalue weighted by Gasteiger charge is 1.97. The summed E-state index contributed by atoms with van der Waals surface area (Å²) in [5, 5.41) is 2.39. The van der Waals surface area contributed by atoms with Crippen LogP contribution in [-0.4, -0.2) is 20.2 Å². The van der Waals surface area contributed by atoms with Crippen LogP contribution in [0.5, 0.6) is 0 Å². The number of hydrogen-bond acceptors (Lipinski definition) is 1. The van der Waals surface area contributed by atoms with Crippen LogP contribution >= 0.6 is 11.9 Å². The Morgan fingerprint density at radius 3 is 1.78 bits per heavy atom. The van der Waals surface area contributed by atoms with Gasteiger partial charge in [0.15, 0.2) is 0 Å². The lowest BCUT2D eigenvalue weighted by molar-refractivity contribution is -0.662. The van der Waals surface area contributed by atoms with Crippen molar-refractivity contribution in [3.05, 3.63) is 0 Å². The van der Waals surface area contributed by atoms with Gasteiger partial charge in [0.1, 0.15) is 0 Å². The third-order valence-corrected chi connectivity index (χ3v) is 1.32. The minimum absolute atomic E-state index is 1.38. The lowest BCUT2D eigenvalue weighted by atomic mass is 10.2. The Morgan fingerprint density at radius 1 is 1.22 bits per heavy atom. The molecule has 0 amide bonds. The highest BCUT2D eigenvalue weighted by Crippen LogP contribution is 1.91. The summed E-state index contributed by atoms with van der Waals surface area (Å²) in [6, 6.07) is 0. The van der Waals surface area contributed by atoms with E-state index in [0.717, 1.165) is 0 Å². The van der Waals surface area contributed by atoms with Crippen molar-refractivity contribution in [1.29, 1.82) is 0 Å². The Labute approximate surface area is 61.7 Å². The topological polar surface area (TPSA) is 25.8 Å². The van der Waals surface area contributed by atoms with E-state index < -0.39 is 0 Å². The number of piperidine rings is 1. The minimum atomic E-state index is 1.38. The standard InChI is InChI=1S/C5H11N.CH3ClO/c1-2-4-6-5-3-1;1-3-2/h6H,1-5H2;1H3/p+1. The number of quaternary nitrogens is 1. The number of rotatable bonds is 0. The third kappa shape index (κ3) is 8.21. The molecule has 1 aliphatic rings. The van der Waals surface area contributed by atoms with Crippen molar-refractivity contribution in [2.75, 3.05) is 20.2 Å². The molecule has 0 aromatic carbocycles. The molecule has 1 rings (SSSR count). The molecule has 56 valence electrons. The molecule has 1 fully saturated rings. The summed E-state index contributed by atoms with van der Waals surface area (Å²) in [5.41, 5.74) is 0. The minimum Gasteiger partial charge on any atom is -0.346 e. The lowest BCUT2D eigenvalue weighted by Gasteiger charge is -2.05. The van der Waals surface area contributed by atoms with Crippen LogP contribution in [-0.2, 0) is 4.29 Å². The maximum atomic E-state index is 4.50. The van der Waals surface area contributed by atoms with E-state index in [-0.39, 0.29) is 0 Å². The number of hydrogen-bond donors (Lipinski definition) is 1. The molecule has 0 saturated carbocycles. The van der Waals surface area contributed by atoms with Gasteiger partial charge in [0, 0.05) is 0 Å². The maximum Gasteiger partial charge on any atom is 0.0755 e. The Kier molecular flexibility index (Phi) is 8.40. The molecule has 0 aromatic rings. The molecule has 0 bridgehead atoms. The summed E-state index contributed by atoms with van der Waals surface area (Å²) in [4.78, 5) is 0. The van der Waals surface area contributed by atoms with Gasteiger partial charge in [0.25, 0.3) is 0 Å². The average molecular weight is 153 g/mol. The van der Waals surface area contributed by atoms with Crippen molar-refractivity contribution in [1.82, 2.24) is 0 Å². The van der Waals surface area contributed by atoms with E-state index in [4.69, 9.17) is 0 Å². The number of nitrogens with two attached hydrogens (primary N) is 1. The molecule has 2 nitrogen and oxygen atoms in total. The van der Waals surface area contributed by atoms with Crippen LogP contribution < -0.4 is 5.32 Å². The van der Waals surface area contributed by atoms with Crippen molar-refractivity contribution >= 4 is 11.9 Å². The van der Waals surface area contributed by atoms with Crippen molar-refractivity contribution in [3.63, 3.8) is 0 Å². The van der Waals surface area contributed by atoms with Gasteiger partial charge < -0.3 is 5.32 Å². The van der Waals surface area contributed by atoms with Gasteiger partial charge in [-0.2, -0.15) is 0 Å². The first-order chi connectivity index (χ1) is 4.41. The largest absolute Gasteiger partial charge is 0.346 e. The summed E-state index contributed by atoms with van der Waals surface area (Å²) in [5.74, 6) is 0. The van der Waals surface area contributed by atoms with Crippen LogP contribution in [0, 0.1) is 0 Å². The molecular formula is C6H15ClNO+.